The van der Waals surface area contributed by atoms with Crippen LogP contribution in [0.1, 0.15) is 25.1 Å². The normalized spacial score (nSPS) is 12.4. The lowest BCUT2D eigenvalue weighted by molar-refractivity contribution is -0.142. The number of aliphatic hydroxyl groups is 1. The van der Waals surface area contributed by atoms with Gasteiger partial charge in [0.05, 0.1) is 0 Å². The smallest absolute Gasteiger partial charge is 0.396 e. The van der Waals surface area contributed by atoms with Gasteiger partial charge in [-0.1, -0.05) is 13.8 Å². The van der Waals surface area contributed by atoms with E-state index in [4.69, 9.17) is 5.11 Å². The Kier molecular flexibility index (Phi) is 6.19. The Morgan fingerprint density at radius 1 is 1.42 bits per heavy atom. The molecule has 0 saturated carbocycles. The fraction of sp³-hybridized carbons (Fsp3) is 0.750. The van der Waals surface area contributed by atoms with Crippen LogP contribution in [0.25, 0.3) is 0 Å². The Morgan fingerprint density at radius 3 is 2.63 bits per heavy atom. The molecule has 1 aromatic rings. The molecule has 0 radical (unpaired) electrons. The number of halogens is 3. The molecule has 0 bridgehead atoms. The van der Waals surface area contributed by atoms with E-state index < -0.39 is 11.9 Å². The molecule has 0 aliphatic rings. The largest absolute Gasteiger partial charge is 0.435 e. The number of nitrogens with zero attached hydrogens (tertiary/aromatic N) is 2. The van der Waals surface area contributed by atoms with Crippen molar-refractivity contribution >= 4 is 11.8 Å². The fourth-order valence-electron chi connectivity index (χ4n) is 1.60. The maximum atomic E-state index is 12.7. The van der Waals surface area contributed by atoms with Crippen molar-refractivity contribution < 1.29 is 18.3 Å². The minimum absolute atomic E-state index is 0.0199. The van der Waals surface area contributed by atoms with Crippen molar-refractivity contribution in [2.75, 3.05) is 18.1 Å². The molecular weight excluding hydrogens is 277 g/mol. The van der Waals surface area contributed by atoms with E-state index in [9.17, 15) is 13.2 Å². The average Bonchev–Trinajstić information content (AvgIpc) is 2.68. The van der Waals surface area contributed by atoms with Gasteiger partial charge in [0.15, 0.2) is 5.69 Å². The van der Waals surface area contributed by atoms with Gasteiger partial charge in [-0.05, 0) is 18.1 Å². The summed E-state index contributed by atoms with van der Waals surface area (Å²) in [5.41, 5.74) is -0.820. The van der Waals surface area contributed by atoms with Crippen LogP contribution in [-0.4, -0.2) is 33.0 Å². The molecule has 0 fully saturated rings. The average molecular weight is 296 g/mol. The van der Waals surface area contributed by atoms with E-state index in [1.807, 2.05) is 0 Å². The van der Waals surface area contributed by atoms with Crippen molar-refractivity contribution in [2.45, 2.75) is 33.0 Å². The number of aryl methyl sites for hydroxylation is 1. The summed E-state index contributed by atoms with van der Waals surface area (Å²) in [6.45, 7) is 4.34. The SMILES string of the molecule is CC(C)CSCCn1cc(CCO)c(C(F)(F)F)n1. The highest BCUT2D eigenvalue weighted by Gasteiger charge is 2.36. The summed E-state index contributed by atoms with van der Waals surface area (Å²) in [7, 11) is 0. The lowest BCUT2D eigenvalue weighted by atomic mass is 10.2. The summed E-state index contributed by atoms with van der Waals surface area (Å²) in [6, 6.07) is 0. The van der Waals surface area contributed by atoms with Crippen molar-refractivity contribution in [3.05, 3.63) is 17.5 Å². The van der Waals surface area contributed by atoms with Crippen LogP contribution in [0.15, 0.2) is 6.20 Å². The molecule has 0 unspecified atom stereocenters. The third-order valence-corrected chi connectivity index (χ3v) is 3.78. The second kappa shape index (κ2) is 7.19. The molecule has 0 amide bonds. The van der Waals surface area contributed by atoms with Crippen LogP contribution in [0, 0.1) is 5.92 Å². The quantitative estimate of drug-likeness (QED) is 0.786. The molecule has 0 aromatic carbocycles. The highest BCUT2D eigenvalue weighted by molar-refractivity contribution is 7.99. The molecule has 0 aliphatic carbocycles. The molecule has 1 N–H and O–H groups in total. The van der Waals surface area contributed by atoms with Crippen molar-refractivity contribution in [1.82, 2.24) is 9.78 Å². The number of hydrogen-bond acceptors (Lipinski definition) is 3. The van der Waals surface area contributed by atoms with Crippen molar-refractivity contribution in [1.29, 1.82) is 0 Å². The molecule has 19 heavy (non-hydrogen) atoms. The van der Waals surface area contributed by atoms with E-state index in [1.165, 1.54) is 10.9 Å². The molecule has 1 rings (SSSR count). The number of aliphatic hydroxyl groups excluding tert-OH is 1. The minimum atomic E-state index is -4.46. The van der Waals surface area contributed by atoms with Gasteiger partial charge >= 0.3 is 6.18 Å². The first kappa shape index (κ1) is 16.4. The summed E-state index contributed by atoms with van der Waals surface area (Å²) in [4.78, 5) is 0. The Balaban J connectivity index is 2.64. The fourth-order valence-corrected chi connectivity index (χ4v) is 2.55. The van der Waals surface area contributed by atoms with Crippen LogP contribution in [0.3, 0.4) is 0 Å². The lowest BCUT2D eigenvalue weighted by Crippen LogP contribution is -2.11. The standard InChI is InChI=1S/C12H19F3N2OS/c1-9(2)8-19-6-4-17-7-10(3-5-18)11(16-17)12(13,14)15/h7,9,18H,3-6,8H2,1-2H3. The van der Waals surface area contributed by atoms with Crippen LogP contribution < -0.4 is 0 Å². The summed E-state index contributed by atoms with van der Waals surface area (Å²) in [5, 5.41) is 12.4. The second-order valence-electron chi connectivity index (χ2n) is 4.71. The molecule has 0 saturated heterocycles. The van der Waals surface area contributed by atoms with Crippen molar-refractivity contribution in [2.24, 2.45) is 5.92 Å². The Bertz CT molecular complexity index is 391. The summed E-state index contributed by atoms with van der Waals surface area (Å²) in [5.74, 6) is 2.28. The van der Waals surface area contributed by atoms with Gasteiger partial charge < -0.3 is 5.11 Å². The highest BCUT2D eigenvalue weighted by atomic mass is 32.2. The van der Waals surface area contributed by atoms with E-state index in [-0.39, 0.29) is 18.6 Å². The third-order valence-electron chi connectivity index (χ3n) is 2.40. The van der Waals surface area contributed by atoms with Crippen molar-refractivity contribution in [3.63, 3.8) is 0 Å². The molecule has 3 nitrogen and oxygen atoms in total. The topological polar surface area (TPSA) is 38.0 Å². The molecule has 1 aromatic heterocycles. The van der Waals surface area contributed by atoms with Gasteiger partial charge in [0, 0.05) is 30.7 Å². The Hall–Kier alpha value is -0.690. The van der Waals surface area contributed by atoms with Crippen LogP contribution >= 0.6 is 11.8 Å². The van der Waals surface area contributed by atoms with Crippen molar-refractivity contribution in [3.8, 4) is 0 Å². The maximum Gasteiger partial charge on any atom is 0.435 e. The van der Waals surface area contributed by atoms with Gasteiger partial charge in [0.2, 0.25) is 0 Å². The Morgan fingerprint density at radius 2 is 2.11 bits per heavy atom. The van der Waals surface area contributed by atoms with E-state index in [0.29, 0.717) is 12.5 Å². The van der Waals surface area contributed by atoms with Crippen LogP contribution in [-0.2, 0) is 19.1 Å². The van der Waals surface area contributed by atoms with Crippen LogP contribution in [0.2, 0.25) is 0 Å². The molecule has 0 aliphatic heterocycles. The van der Waals surface area contributed by atoms with Gasteiger partial charge in [0.1, 0.15) is 0 Å². The number of hydrogen-bond donors (Lipinski definition) is 1. The number of rotatable bonds is 7. The van der Waals surface area contributed by atoms with E-state index >= 15 is 0 Å². The number of aromatic nitrogens is 2. The summed E-state index contributed by atoms with van der Waals surface area (Å²) < 4.78 is 39.5. The zero-order valence-electron chi connectivity index (χ0n) is 11.1. The second-order valence-corrected chi connectivity index (χ2v) is 5.86. The molecule has 1 heterocycles. The predicted octanol–water partition coefficient (Wildman–Crippen LogP) is 2.83. The minimum Gasteiger partial charge on any atom is -0.396 e. The zero-order chi connectivity index (χ0) is 14.5. The first-order valence-electron chi connectivity index (χ1n) is 6.16. The van der Waals surface area contributed by atoms with E-state index in [0.717, 1.165) is 11.5 Å². The summed E-state index contributed by atoms with van der Waals surface area (Å²) >= 11 is 1.70. The molecule has 0 atom stereocenters. The first-order chi connectivity index (χ1) is 8.84. The van der Waals surface area contributed by atoms with E-state index in [1.54, 1.807) is 11.8 Å². The molecule has 110 valence electrons. The predicted molar refractivity (Wildman–Crippen MR) is 70.2 cm³/mol. The van der Waals surface area contributed by atoms with Crippen LogP contribution in [0.5, 0.6) is 0 Å². The Labute approximate surface area is 115 Å². The molecule has 0 spiro atoms. The number of alkyl halides is 3. The van der Waals surface area contributed by atoms with Gasteiger partial charge in [0.25, 0.3) is 0 Å². The molecular formula is C12H19F3N2OS. The highest BCUT2D eigenvalue weighted by Crippen LogP contribution is 2.30. The monoisotopic (exact) mass is 296 g/mol. The van der Waals surface area contributed by atoms with Gasteiger partial charge in [-0.3, -0.25) is 4.68 Å². The third kappa shape index (κ3) is 5.44. The molecule has 7 heteroatoms. The zero-order valence-corrected chi connectivity index (χ0v) is 11.9. The maximum absolute atomic E-state index is 12.7. The first-order valence-corrected chi connectivity index (χ1v) is 7.32. The number of thioether (sulfide) groups is 1. The summed E-state index contributed by atoms with van der Waals surface area (Å²) in [6.07, 6.45) is -3.09. The van der Waals surface area contributed by atoms with Gasteiger partial charge in [-0.15, -0.1) is 0 Å². The lowest BCUT2D eigenvalue weighted by Gasteiger charge is -2.05. The van der Waals surface area contributed by atoms with Gasteiger partial charge in [-0.25, -0.2) is 0 Å². The van der Waals surface area contributed by atoms with Crippen LogP contribution in [0.4, 0.5) is 13.2 Å². The van der Waals surface area contributed by atoms with Gasteiger partial charge in [-0.2, -0.15) is 30.0 Å². The van der Waals surface area contributed by atoms with E-state index in [2.05, 4.69) is 18.9 Å².